The molecular weight excluding hydrogens is 376 g/mol. The van der Waals surface area contributed by atoms with Gasteiger partial charge < -0.3 is 14.9 Å². The highest BCUT2D eigenvalue weighted by Crippen LogP contribution is 2.21. The van der Waals surface area contributed by atoms with Gasteiger partial charge in [0.25, 0.3) is 0 Å². The van der Waals surface area contributed by atoms with E-state index in [0.717, 1.165) is 29.9 Å². The lowest BCUT2D eigenvalue weighted by molar-refractivity contribution is 0.0693. The quantitative estimate of drug-likeness (QED) is 0.310. The first-order valence-electron chi connectivity index (χ1n) is 11.4. The minimum Gasteiger partial charge on any atom is -0.507 e. The molecule has 164 valence electrons. The molecule has 0 aliphatic carbocycles. The highest BCUT2D eigenvalue weighted by molar-refractivity contribution is 5.90. The summed E-state index contributed by atoms with van der Waals surface area (Å²) >= 11 is 0. The number of phenols is 1. The van der Waals surface area contributed by atoms with Gasteiger partial charge in [-0.1, -0.05) is 82.9 Å². The van der Waals surface area contributed by atoms with E-state index in [4.69, 9.17) is 9.84 Å². The Bertz CT molecular complexity index is 752. The van der Waals surface area contributed by atoms with Gasteiger partial charge in [0.1, 0.15) is 17.1 Å². The summed E-state index contributed by atoms with van der Waals surface area (Å²) in [7, 11) is 0. The predicted octanol–water partition coefficient (Wildman–Crippen LogP) is 6.98. The molecule has 0 aliphatic rings. The molecule has 4 nitrogen and oxygen atoms in total. The van der Waals surface area contributed by atoms with Gasteiger partial charge in [-0.25, -0.2) is 4.79 Å². The van der Waals surface area contributed by atoms with Crippen LogP contribution < -0.4 is 4.74 Å². The average molecular weight is 413 g/mol. The van der Waals surface area contributed by atoms with Gasteiger partial charge in [0.15, 0.2) is 0 Å². The van der Waals surface area contributed by atoms with Gasteiger partial charge >= 0.3 is 5.97 Å². The first kappa shape index (κ1) is 23.8. The molecule has 0 radical (unpaired) electrons. The smallest absolute Gasteiger partial charge is 0.339 e. The lowest BCUT2D eigenvalue weighted by atomic mass is 10.0. The zero-order chi connectivity index (χ0) is 21.6. The third kappa shape index (κ3) is 8.89. The van der Waals surface area contributed by atoms with Crippen LogP contribution in [-0.4, -0.2) is 22.8 Å². The fraction of sp³-hybridized carbons (Fsp3) is 0.500. The number of benzene rings is 2. The number of aromatic carboxylic acids is 1. The van der Waals surface area contributed by atoms with E-state index < -0.39 is 5.97 Å². The van der Waals surface area contributed by atoms with Gasteiger partial charge in [0.05, 0.1) is 6.61 Å². The highest BCUT2D eigenvalue weighted by atomic mass is 16.5. The second kappa shape index (κ2) is 13.7. The molecule has 2 rings (SSSR count). The number of carboxylic acids is 1. The van der Waals surface area contributed by atoms with Crippen LogP contribution >= 0.6 is 0 Å². The van der Waals surface area contributed by atoms with E-state index in [1.54, 1.807) is 6.07 Å². The summed E-state index contributed by atoms with van der Waals surface area (Å²) in [5.41, 5.74) is 1.86. The summed E-state index contributed by atoms with van der Waals surface area (Å²) in [5, 5.41) is 18.7. The Morgan fingerprint density at radius 3 is 1.97 bits per heavy atom. The third-order valence-corrected chi connectivity index (χ3v) is 5.39. The van der Waals surface area contributed by atoms with Gasteiger partial charge in [0, 0.05) is 0 Å². The Balaban J connectivity index is 1.62. The SMILES string of the molecule is CCCCCCCCCCCCOc1ccc(Cc2ccc(O)c(C(=O)O)c2)cc1. The minimum atomic E-state index is -1.12. The van der Waals surface area contributed by atoms with Crippen LogP contribution in [0.5, 0.6) is 11.5 Å². The number of rotatable bonds is 15. The maximum Gasteiger partial charge on any atom is 0.339 e. The molecule has 0 atom stereocenters. The molecule has 0 aliphatic heterocycles. The van der Waals surface area contributed by atoms with Gasteiger partial charge in [-0.2, -0.15) is 0 Å². The number of hydrogen-bond acceptors (Lipinski definition) is 3. The van der Waals surface area contributed by atoms with Crippen molar-refractivity contribution in [3.05, 3.63) is 59.2 Å². The molecule has 0 saturated heterocycles. The molecule has 0 saturated carbocycles. The molecular formula is C26H36O4. The molecule has 0 amide bonds. The van der Waals surface area contributed by atoms with Crippen molar-refractivity contribution in [2.45, 2.75) is 77.6 Å². The normalized spacial score (nSPS) is 10.8. The maximum atomic E-state index is 11.1. The highest BCUT2D eigenvalue weighted by Gasteiger charge is 2.10. The van der Waals surface area contributed by atoms with Crippen LogP contribution in [0.25, 0.3) is 0 Å². The van der Waals surface area contributed by atoms with Crippen molar-refractivity contribution < 1.29 is 19.7 Å². The van der Waals surface area contributed by atoms with Crippen molar-refractivity contribution in [3.63, 3.8) is 0 Å². The van der Waals surface area contributed by atoms with Crippen LogP contribution in [0.1, 0.15) is 92.6 Å². The van der Waals surface area contributed by atoms with Crippen molar-refractivity contribution in [1.29, 1.82) is 0 Å². The fourth-order valence-corrected chi connectivity index (χ4v) is 3.58. The molecule has 0 bridgehead atoms. The second-order valence-electron chi connectivity index (χ2n) is 8.01. The summed E-state index contributed by atoms with van der Waals surface area (Å²) < 4.78 is 5.84. The Hall–Kier alpha value is -2.49. The summed E-state index contributed by atoms with van der Waals surface area (Å²) in [4.78, 5) is 11.1. The Labute approximate surface area is 180 Å². The van der Waals surface area contributed by atoms with Crippen molar-refractivity contribution in [2.24, 2.45) is 0 Å². The molecule has 0 spiro atoms. The Morgan fingerprint density at radius 2 is 1.37 bits per heavy atom. The molecule has 0 heterocycles. The first-order chi connectivity index (χ1) is 14.6. The third-order valence-electron chi connectivity index (χ3n) is 5.39. The summed E-state index contributed by atoms with van der Waals surface area (Å²) in [6.07, 6.45) is 13.8. The van der Waals surface area contributed by atoms with Crippen molar-refractivity contribution in [1.82, 2.24) is 0 Å². The molecule has 4 heteroatoms. The lowest BCUT2D eigenvalue weighted by Gasteiger charge is -2.08. The van der Waals surface area contributed by atoms with E-state index in [1.165, 1.54) is 69.9 Å². The molecule has 0 fully saturated rings. The lowest BCUT2D eigenvalue weighted by Crippen LogP contribution is -1.99. The number of hydrogen-bond donors (Lipinski definition) is 2. The Morgan fingerprint density at radius 1 is 0.800 bits per heavy atom. The van der Waals surface area contributed by atoms with Gasteiger partial charge in [-0.15, -0.1) is 0 Å². The van der Waals surface area contributed by atoms with Crippen molar-refractivity contribution in [2.75, 3.05) is 6.61 Å². The first-order valence-corrected chi connectivity index (χ1v) is 11.4. The Kier molecular flexibility index (Phi) is 10.8. The van der Waals surface area contributed by atoms with Gasteiger partial charge in [-0.3, -0.25) is 0 Å². The van der Waals surface area contributed by atoms with E-state index >= 15 is 0 Å². The molecule has 0 unspecified atom stereocenters. The van der Waals surface area contributed by atoms with Crippen LogP contribution in [0.15, 0.2) is 42.5 Å². The summed E-state index contributed by atoms with van der Waals surface area (Å²) in [5.74, 6) is -0.460. The molecule has 2 aromatic carbocycles. The predicted molar refractivity (Wildman–Crippen MR) is 122 cm³/mol. The van der Waals surface area contributed by atoms with Crippen molar-refractivity contribution in [3.8, 4) is 11.5 Å². The second-order valence-corrected chi connectivity index (χ2v) is 8.01. The van der Waals surface area contributed by atoms with E-state index in [-0.39, 0.29) is 11.3 Å². The molecule has 2 aromatic rings. The molecule has 0 aromatic heterocycles. The van der Waals surface area contributed by atoms with Gasteiger partial charge in [-0.05, 0) is 48.2 Å². The zero-order valence-electron chi connectivity index (χ0n) is 18.2. The van der Waals surface area contributed by atoms with E-state index in [2.05, 4.69) is 6.92 Å². The van der Waals surface area contributed by atoms with E-state index in [1.807, 2.05) is 24.3 Å². The topological polar surface area (TPSA) is 66.8 Å². The molecule has 2 N–H and O–H groups in total. The van der Waals surface area contributed by atoms with Crippen LogP contribution in [0.4, 0.5) is 0 Å². The molecule has 30 heavy (non-hydrogen) atoms. The fourth-order valence-electron chi connectivity index (χ4n) is 3.58. The van der Waals surface area contributed by atoms with Crippen molar-refractivity contribution >= 4 is 5.97 Å². The number of aromatic hydroxyl groups is 1. The number of ether oxygens (including phenoxy) is 1. The monoisotopic (exact) mass is 412 g/mol. The average Bonchev–Trinajstić information content (AvgIpc) is 2.74. The largest absolute Gasteiger partial charge is 0.507 e. The number of carboxylic acid groups (broad SMARTS) is 1. The minimum absolute atomic E-state index is 0.0658. The van der Waals surface area contributed by atoms with Crippen LogP contribution in [0, 0.1) is 0 Å². The number of unbranched alkanes of at least 4 members (excludes halogenated alkanes) is 9. The van der Waals surface area contributed by atoms with Gasteiger partial charge in [0.2, 0.25) is 0 Å². The van der Waals surface area contributed by atoms with E-state index in [0.29, 0.717) is 6.42 Å². The van der Waals surface area contributed by atoms with Crippen LogP contribution in [-0.2, 0) is 6.42 Å². The van der Waals surface area contributed by atoms with Crippen LogP contribution in [0.2, 0.25) is 0 Å². The zero-order valence-corrected chi connectivity index (χ0v) is 18.2. The van der Waals surface area contributed by atoms with E-state index in [9.17, 15) is 9.90 Å². The maximum absolute atomic E-state index is 11.1. The standard InChI is InChI=1S/C26H36O4/c1-2-3-4-5-6-7-8-9-10-11-18-30-23-15-12-21(13-16-23)19-22-14-17-25(27)24(20-22)26(28)29/h12-17,20,27H,2-11,18-19H2,1H3,(H,28,29). The summed E-state index contributed by atoms with van der Waals surface area (Å²) in [6.45, 7) is 3.00. The number of carbonyl (C=O) groups is 1. The van der Waals surface area contributed by atoms with Crippen LogP contribution in [0.3, 0.4) is 0 Å². The summed E-state index contributed by atoms with van der Waals surface area (Å²) in [6, 6.07) is 12.6.